The third-order valence-electron chi connectivity index (χ3n) is 2.47. The minimum Gasteiger partial charge on any atom is -0.505 e. The highest BCUT2D eigenvalue weighted by molar-refractivity contribution is 7.91. The zero-order valence-electron chi connectivity index (χ0n) is 9.73. The molecule has 0 fully saturated rings. The fourth-order valence-electron chi connectivity index (χ4n) is 1.48. The summed E-state index contributed by atoms with van der Waals surface area (Å²) in [6.07, 6.45) is 0.635. The molecule has 1 rings (SSSR count). The van der Waals surface area contributed by atoms with Gasteiger partial charge < -0.3 is 5.11 Å². The number of aromatic hydroxyl groups is 1. The average Bonchev–Trinajstić information content (AvgIpc) is 2.61. The van der Waals surface area contributed by atoms with Crippen LogP contribution in [0.5, 0.6) is 5.75 Å². The summed E-state index contributed by atoms with van der Waals surface area (Å²) in [5.74, 6) is -0.0839. The van der Waals surface area contributed by atoms with Crippen LogP contribution < -0.4 is 0 Å². The molecule has 6 heteroatoms. The van der Waals surface area contributed by atoms with Gasteiger partial charge in [0.05, 0.1) is 0 Å². The Bertz CT molecular complexity index is 447. The van der Waals surface area contributed by atoms with Crippen LogP contribution >= 0.6 is 11.3 Å². The van der Waals surface area contributed by atoms with Gasteiger partial charge in [0, 0.05) is 18.7 Å². The van der Waals surface area contributed by atoms with E-state index < -0.39 is 10.0 Å². The molecule has 0 unspecified atom stereocenters. The molecule has 0 aliphatic heterocycles. The standard InChI is InChI=1S/C10H17NO3S2/c1-4-8-7-15-10(9(8)12)16(13,14)11(5-2)6-3/h7,12H,4-6H2,1-3H3. The van der Waals surface area contributed by atoms with Gasteiger partial charge >= 0.3 is 0 Å². The summed E-state index contributed by atoms with van der Waals surface area (Å²) in [4.78, 5) is 0. The molecule has 0 saturated carbocycles. The van der Waals surface area contributed by atoms with Crippen LogP contribution in [-0.4, -0.2) is 30.9 Å². The van der Waals surface area contributed by atoms with Crippen LogP contribution in [-0.2, 0) is 16.4 Å². The number of thiophene rings is 1. The third kappa shape index (κ3) is 2.23. The SMILES string of the molecule is CCc1csc(S(=O)(=O)N(CC)CC)c1O. The Morgan fingerprint density at radius 2 is 1.88 bits per heavy atom. The summed E-state index contributed by atoms with van der Waals surface area (Å²) < 4.78 is 25.7. The molecule has 4 nitrogen and oxygen atoms in total. The van der Waals surface area contributed by atoms with Crippen molar-refractivity contribution in [3.05, 3.63) is 10.9 Å². The Hall–Kier alpha value is -0.590. The van der Waals surface area contributed by atoms with E-state index >= 15 is 0 Å². The lowest BCUT2D eigenvalue weighted by Crippen LogP contribution is -2.30. The van der Waals surface area contributed by atoms with Crippen LogP contribution in [0.2, 0.25) is 0 Å². The topological polar surface area (TPSA) is 57.6 Å². The quantitative estimate of drug-likeness (QED) is 0.884. The Labute approximate surface area is 101 Å². The van der Waals surface area contributed by atoms with E-state index in [0.29, 0.717) is 25.1 Å². The first-order valence-corrected chi connectivity index (χ1v) is 7.60. The smallest absolute Gasteiger partial charge is 0.256 e. The van der Waals surface area contributed by atoms with E-state index in [1.807, 2.05) is 6.92 Å². The first kappa shape index (κ1) is 13.5. The second-order valence-corrected chi connectivity index (χ2v) is 6.35. The van der Waals surface area contributed by atoms with Crippen molar-refractivity contribution in [2.45, 2.75) is 31.4 Å². The highest BCUT2D eigenvalue weighted by atomic mass is 32.2. The van der Waals surface area contributed by atoms with Crippen LogP contribution in [0.25, 0.3) is 0 Å². The zero-order valence-corrected chi connectivity index (χ0v) is 11.4. The van der Waals surface area contributed by atoms with Crippen LogP contribution in [0.1, 0.15) is 26.3 Å². The predicted molar refractivity (Wildman–Crippen MR) is 65.5 cm³/mol. The van der Waals surface area contributed by atoms with Gasteiger partial charge in [0.1, 0.15) is 5.75 Å². The van der Waals surface area contributed by atoms with Crippen molar-refractivity contribution in [2.75, 3.05) is 13.1 Å². The summed E-state index contributed by atoms with van der Waals surface area (Å²) >= 11 is 1.09. The van der Waals surface area contributed by atoms with Crippen molar-refractivity contribution in [1.29, 1.82) is 0 Å². The first-order valence-electron chi connectivity index (χ1n) is 5.28. The van der Waals surface area contributed by atoms with Gasteiger partial charge in [0.2, 0.25) is 0 Å². The van der Waals surface area contributed by atoms with Gasteiger partial charge in [-0.25, -0.2) is 8.42 Å². The van der Waals surface area contributed by atoms with Gasteiger partial charge in [0.25, 0.3) is 10.0 Å². The molecule has 0 radical (unpaired) electrons. The van der Waals surface area contributed by atoms with Crippen LogP contribution in [0.15, 0.2) is 9.59 Å². The van der Waals surface area contributed by atoms with Crippen LogP contribution in [0, 0.1) is 0 Å². The zero-order chi connectivity index (χ0) is 12.3. The minimum atomic E-state index is -3.52. The lowest BCUT2D eigenvalue weighted by atomic mass is 10.2. The van der Waals surface area contributed by atoms with Crippen molar-refractivity contribution in [3.8, 4) is 5.75 Å². The second kappa shape index (κ2) is 5.16. The molecule has 0 saturated heterocycles. The summed E-state index contributed by atoms with van der Waals surface area (Å²) in [6, 6.07) is 0. The molecule has 1 aromatic heterocycles. The van der Waals surface area contributed by atoms with Gasteiger partial charge in [-0.2, -0.15) is 4.31 Å². The van der Waals surface area contributed by atoms with E-state index in [9.17, 15) is 13.5 Å². The normalized spacial score (nSPS) is 12.2. The van der Waals surface area contributed by atoms with E-state index in [-0.39, 0.29) is 9.96 Å². The molecule has 0 spiro atoms. The summed E-state index contributed by atoms with van der Waals surface area (Å²) in [5.41, 5.74) is 0.690. The number of sulfonamides is 1. The molecule has 1 heterocycles. The maximum atomic E-state index is 12.1. The fraction of sp³-hybridized carbons (Fsp3) is 0.600. The van der Waals surface area contributed by atoms with Crippen LogP contribution in [0.3, 0.4) is 0 Å². The van der Waals surface area contributed by atoms with Gasteiger partial charge in [-0.3, -0.25) is 0 Å². The molecule has 0 aromatic carbocycles. The van der Waals surface area contributed by atoms with Crippen molar-refractivity contribution < 1.29 is 13.5 Å². The lowest BCUT2D eigenvalue weighted by Gasteiger charge is -2.17. The van der Waals surface area contributed by atoms with Gasteiger partial charge in [0.15, 0.2) is 4.21 Å². The molecule has 0 amide bonds. The van der Waals surface area contributed by atoms with Gasteiger partial charge in [-0.05, 0) is 11.8 Å². The molecular weight excluding hydrogens is 246 g/mol. The lowest BCUT2D eigenvalue weighted by molar-refractivity contribution is 0.431. The number of aryl methyl sites for hydroxylation is 1. The van der Waals surface area contributed by atoms with Gasteiger partial charge in [-0.15, -0.1) is 11.3 Å². The monoisotopic (exact) mass is 263 g/mol. The summed E-state index contributed by atoms with van der Waals surface area (Å²) in [5, 5.41) is 11.5. The van der Waals surface area contributed by atoms with Crippen molar-refractivity contribution in [2.24, 2.45) is 0 Å². The Balaban J connectivity index is 3.22. The maximum absolute atomic E-state index is 12.1. The first-order chi connectivity index (χ1) is 7.48. The number of rotatable bonds is 5. The molecule has 0 aliphatic carbocycles. The molecule has 0 bridgehead atoms. The third-order valence-corrected chi connectivity index (χ3v) is 6.05. The van der Waals surface area contributed by atoms with Crippen molar-refractivity contribution in [3.63, 3.8) is 0 Å². The highest BCUT2D eigenvalue weighted by Crippen LogP contribution is 2.35. The highest BCUT2D eigenvalue weighted by Gasteiger charge is 2.27. The molecule has 0 aliphatic rings. The number of hydrogen-bond acceptors (Lipinski definition) is 4. The molecule has 1 aromatic rings. The van der Waals surface area contributed by atoms with Crippen molar-refractivity contribution in [1.82, 2.24) is 4.31 Å². The van der Waals surface area contributed by atoms with Gasteiger partial charge in [-0.1, -0.05) is 20.8 Å². The predicted octanol–water partition coefficient (Wildman–Crippen LogP) is 2.05. The maximum Gasteiger partial charge on any atom is 0.256 e. The Morgan fingerprint density at radius 3 is 2.25 bits per heavy atom. The molecule has 0 atom stereocenters. The number of nitrogens with zero attached hydrogens (tertiary/aromatic N) is 1. The van der Waals surface area contributed by atoms with Crippen molar-refractivity contribution >= 4 is 21.4 Å². The molecule has 92 valence electrons. The fourth-order valence-corrected chi connectivity index (χ4v) is 4.49. The van der Waals surface area contributed by atoms with E-state index in [0.717, 1.165) is 11.3 Å². The van der Waals surface area contributed by atoms with E-state index in [1.165, 1.54) is 4.31 Å². The largest absolute Gasteiger partial charge is 0.505 e. The Kier molecular flexibility index (Phi) is 4.35. The second-order valence-electron chi connectivity index (χ2n) is 3.34. The average molecular weight is 263 g/mol. The van der Waals surface area contributed by atoms with E-state index in [2.05, 4.69) is 0 Å². The summed E-state index contributed by atoms with van der Waals surface area (Å²) in [7, 11) is -3.52. The molecule has 1 N–H and O–H groups in total. The minimum absolute atomic E-state index is 0.0630. The molecule has 16 heavy (non-hydrogen) atoms. The van der Waals surface area contributed by atoms with Crippen LogP contribution in [0.4, 0.5) is 0 Å². The molecular formula is C10H17NO3S2. The summed E-state index contributed by atoms with van der Waals surface area (Å²) in [6.45, 7) is 6.28. The van der Waals surface area contributed by atoms with E-state index in [1.54, 1.807) is 19.2 Å². The Morgan fingerprint density at radius 1 is 1.31 bits per heavy atom. The van der Waals surface area contributed by atoms with E-state index in [4.69, 9.17) is 0 Å². The number of hydrogen-bond donors (Lipinski definition) is 1.